The molecule has 1 aliphatic heterocycles. The molecule has 0 atom stereocenters. The minimum atomic E-state index is 0.901. The van der Waals surface area contributed by atoms with Crippen molar-refractivity contribution in [2.75, 3.05) is 18.6 Å². The quantitative estimate of drug-likeness (QED) is 0.480. The zero-order valence-electron chi connectivity index (χ0n) is 15.9. The molecule has 4 heteroatoms. The van der Waals surface area contributed by atoms with Crippen LogP contribution >= 0.6 is 11.8 Å². The molecule has 1 aromatic carbocycles. The second-order valence-electron chi connectivity index (χ2n) is 6.49. The zero-order valence-corrected chi connectivity index (χ0v) is 16.7. The molecule has 2 rings (SSSR count). The van der Waals surface area contributed by atoms with Crippen molar-refractivity contribution in [2.45, 2.75) is 34.1 Å². The maximum absolute atomic E-state index is 4.76. The summed E-state index contributed by atoms with van der Waals surface area (Å²) in [6, 6.07) is 6.53. The number of rotatable bonds is 7. The van der Waals surface area contributed by atoms with Crippen LogP contribution in [0.2, 0.25) is 0 Å². The van der Waals surface area contributed by atoms with Crippen LogP contribution in [0.25, 0.3) is 0 Å². The van der Waals surface area contributed by atoms with Crippen molar-refractivity contribution < 1.29 is 0 Å². The lowest BCUT2D eigenvalue weighted by Crippen LogP contribution is -2.05. The number of aryl methyl sites for hydroxylation is 1. The van der Waals surface area contributed by atoms with Gasteiger partial charge in [-0.1, -0.05) is 18.7 Å². The number of aliphatic imine (C=N–C) groups is 3. The van der Waals surface area contributed by atoms with E-state index in [4.69, 9.17) is 9.98 Å². The van der Waals surface area contributed by atoms with Gasteiger partial charge in [0.2, 0.25) is 0 Å². The number of thioether (sulfide) groups is 1. The van der Waals surface area contributed by atoms with Crippen molar-refractivity contribution in [1.82, 2.24) is 0 Å². The smallest absolute Gasteiger partial charge is 0.0667 e. The van der Waals surface area contributed by atoms with E-state index in [-0.39, 0.29) is 0 Å². The molecule has 0 saturated heterocycles. The number of allylic oxidation sites excluding steroid dienone is 3. The van der Waals surface area contributed by atoms with Crippen LogP contribution in [-0.2, 0) is 6.42 Å². The van der Waals surface area contributed by atoms with Crippen LogP contribution in [0.3, 0.4) is 0 Å². The second-order valence-corrected chi connectivity index (χ2v) is 7.48. The lowest BCUT2D eigenvalue weighted by Gasteiger charge is -2.06. The highest BCUT2D eigenvalue weighted by atomic mass is 32.2. The molecular formula is C21H27N3S. The Morgan fingerprint density at radius 1 is 1.32 bits per heavy atom. The number of hydrogen-bond donors (Lipinski definition) is 0. The molecule has 0 radical (unpaired) electrons. The average Bonchev–Trinajstić information content (AvgIpc) is 2.93. The molecule has 132 valence electrons. The van der Waals surface area contributed by atoms with E-state index < -0.39 is 0 Å². The summed E-state index contributed by atoms with van der Waals surface area (Å²) in [5, 5.41) is 0. The van der Waals surface area contributed by atoms with Gasteiger partial charge < -0.3 is 0 Å². The summed E-state index contributed by atoms with van der Waals surface area (Å²) in [5.41, 5.74) is 9.09. The van der Waals surface area contributed by atoms with Gasteiger partial charge in [0.05, 0.1) is 5.69 Å². The van der Waals surface area contributed by atoms with Gasteiger partial charge in [-0.15, -0.1) is 11.8 Å². The molecule has 0 fully saturated rings. The van der Waals surface area contributed by atoms with Crippen molar-refractivity contribution >= 4 is 35.1 Å². The minimum absolute atomic E-state index is 0.901. The number of fused-ring (bicyclic) bond motifs is 1. The molecule has 0 bridgehead atoms. The molecule has 0 aromatic heterocycles. The molecule has 3 nitrogen and oxygen atoms in total. The SMILES string of the molecule is C=C(C)C(/C=N\C)=C(C)\N=C(/C)CSCC1=Nc2cc(C)ccc2C1. The van der Waals surface area contributed by atoms with E-state index in [0.29, 0.717) is 0 Å². The van der Waals surface area contributed by atoms with E-state index in [1.807, 2.05) is 31.8 Å². The largest absolute Gasteiger partial charge is 0.296 e. The zero-order chi connectivity index (χ0) is 18.4. The Morgan fingerprint density at radius 2 is 2.08 bits per heavy atom. The minimum Gasteiger partial charge on any atom is -0.296 e. The van der Waals surface area contributed by atoms with Crippen molar-refractivity contribution in [3.05, 3.63) is 52.7 Å². The number of benzene rings is 1. The van der Waals surface area contributed by atoms with Crippen LogP contribution in [0.5, 0.6) is 0 Å². The van der Waals surface area contributed by atoms with E-state index in [0.717, 1.165) is 46.2 Å². The predicted octanol–water partition coefficient (Wildman–Crippen LogP) is 5.37. The highest BCUT2D eigenvalue weighted by Gasteiger charge is 2.14. The Balaban J connectivity index is 1.93. The van der Waals surface area contributed by atoms with Crippen molar-refractivity contribution in [1.29, 1.82) is 0 Å². The van der Waals surface area contributed by atoms with E-state index in [2.05, 4.69) is 43.6 Å². The van der Waals surface area contributed by atoms with Gasteiger partial charge >= 0.3 is 0 Å². The third-order valence-corrected chi connectivity index (χ3v) is 5.12. The highest BCUT2D eigenvalue weighted by molar-refractivity contribution is 8.00. The van der Waals surface area contributed by atoms with E-state index in [1.165, 1.54) is 16.8 Å². The summed E-state index contributed by atoms with van der Waals surface area (Å²) in [5.74, 6) is 1.85. The maximum atomic E-state index is 4.76. The predicted molar refractivity (Wildman–Crippen MR) is 114 cm³/mol. The molecule has 0 unspecified atom stereocenters. The Kier molecular flexibility index (Phi) is 6.94. The van der Waals surface area contributed by atoms with Crippen LogP contribution in [0, 0.1) is 6.92 Å². The van der Waals surface area contributed by atoms with E-state index in [9.17, 15) is 0 Å². The molecule has 0 amide bonds. The van der Waals surface area contributed by atoms with E-state index in [1.54, 1.807) is 7.05 Å². The van der Waals surface area contributed by atoms with Gasteiger partial charge in [0.1, 0.15) is 0 Å². The first-order valence-corrected chi connectivity index (χ1v) is 9.63. The van der Waals surface area contributed by atoms with Crippen LogP contribution < -0.4 is 0 Å². The van der Waals surface area contributed by atoms with Gasteiger partial charge in [-0.2, -0.15) is 0 Å². The van der Waals surface area contributed by atoms with Gasteiger partial charge in [0.25, 0.3) is 0 Å². The fourth-order valence-electron chi connectivity index (χ4n) is 2.78. The summed E-state index contributed by atoms with van der Waals surface area (Å²) in [6.07, 6.45) is 2.80. The molecule has 0 N–H and O–H groups in total. The fraction of sp³-hybridized carbons (Fsp3) is 0.381. The first-order chi connectivity index (χ1) is 11.9. The molecule has 0 saturated carbocycles. The summed E-state index contributed by atoms with van der Waals surface area (Å²) in [4.78, 5) is 13.6. The third kappa shape index (κ3) is 5.53. The van der Waals surface area contributed by atoms with Crippen molar-refractivity contribution in [3.63, 3.8) is 0 Å². The van der Waals surface area contributed by atoms with Crippen LogP contribution in [0.4, 0.5) is 5.69 Å². The number of hydrogen-bond acceptors (Lipinski definition) is 4. The fourth-order valence-corrected chi connectivity index (χ4v) is 3.64. The molecule has 0 aliphatic carbocycles. The Morgan fingerprint density at radius 3 is 2.76 bits per heavy atom. The Hall–Kier alpha value is -1.94. The van der Waals surface area contributed by atoms with Crippen molar-refractivity contribution in [3.8, 4) is 0 Å². The van der Waals surface area contributed by atoms with Crippen LogP contribution in [0.15, 0.2) is 56.6 Å². The molecule has 1 heterocycles. The summed E-state index contributed by atoms with van der Waals surface area (Å²) < 4.78 is 0. The average molecular weight is 354 g/mol. The van der Waals surface area contributed by atoms with Gasteiger partial charge in [0.15, 0.2) is 0 Å². The summed E-state index contributed by atoms with van der Waals surface area (Å²) in [7, 11) is 1.77. The van der Waals surface area contributed by atoms with Gasteiger partial charge in [-0.25, -0.2) is 0 Å². The highest BCUT2D eigenvalue weighted by Crippen LogP contribution is 2.28. The molecule has 25 heavy (non-hydrogen) atoms. The monoisotopic (exact) mass is 353 g/mol. The standard InChI is InChI=1S/C21H27N3S/c1-14(2)20(11-22-6)17(5)23-16(4)12-25-13-19-10-18-8-7-15(3)9-21(18)24-19/h7-9,11H,1,10,12-13H2,2-6H3/b20-17-,22-11-,23-16+. The molecule has 1 aromatic rings. The van der Waals surface area contributed by atoms with Gasteiger partial charge in [-0.05, 0) is 50.5 Å². The third-order valence-electron chi connectivity index (χ3n) is 3.96. The summed E-state index contributed by atoms with van der Waals surface area (Å²) in [6.45, 7) is 12.2. The Labute approximate surface area is 155 Å². The molecule has 1 aliphatic rings. The molecule has 0 spiro atoms. The van der Waals surface area contributed by atoms with Crippen LogP contribution in [-0.4, -0.2) is 36.2 Å². The molecular weight excluding hydrogens is 326 g/mol. The first kappa shape index (κ1) is 19.4. The second kappa shape index (κ2) is 8.95. The normalized spacial score (nSPS) is 15.2. The van der Waals surface area contributed by atoms with Gasteiger partial charge in [0, 0.05) is 53.9 Å². The number of nitrogens with zero attached hydrogens (tertiary/aromatic N) is 3. The Bertz CT molecular complexity index is 782. The van der Waals surface area contributed by atoms with Gasteiger partial charge in [-0.3, -0.25) is 15.0 Å². The van der Waals surface area contributed by atoms with Crippen molar-refractivity contribution in [2.24, 2.45) is 15.0 Å². The lowest BCUT2D eigenvalue weighted by molar-refractivity contribution is 1.24. The summed E-state index contributed by atoms with van der Waals surface area (Å²) >= 11 is 1.87. The first-order valence-electron chi connectivity index (χ1n) is 8.47. The van der Waals surface area contributed by atoms with E-state index >= 15 is 0 Å². The van der Waals surface area contributed by atoms with Crippen LogP contribution in [0.1, 0.15) is 31.9 Å². The topological polar surface area (TPSA) is 37.1 Å². The maximum Gasteiger partial charge on any atom is 0.0667 e. The lowest BCUT2D eigenvalue weighted by atomic mass is 10.1.